The summed E-state index contributed by atoms with van der Waals surface area (Å²) < 4.78 is 6.46. The van der Waals surface area contributed by atoms with Crippen molar-refractivity contribution in [3.8, 4) is 11.9 Å². The van der Waals surface area contributed by atoms with Crippen LogP contribution in [0.15, 0.2) is 49.1 Å². The molecule has 0 N–H and O–H groups in total. The van der Waals surface area contributed by atoms with E-state index in [0.29, 0.717) is 30.6 Å². The maximum Gasteiger partial charge on any atom is 0.245 e. The quantitative estimate of drug-likeness (QED) is 0.371. The van der Waals surface area contributed by atoms with Gasteiger partial charge in [0.05, 0.1) is 17.9 Å². The van der Waals surface area contributed by atoms with Crippen LogP contribution in [0.1, 0.15) is 48.1 Å². The highest BCUT2D eigenvalue weighted by atomic mass is 16.5. The third kappa shape index (κ3) is 4.97. The topological polar surface area (TPSA) is 75.9 Å². The van der Waals surface area contributed by atoms with Crippen molar-refractivity contribution in [1.29, 1.82) is 5.26 Å². The fourth-order valence-corrected chi connectivity index (χ4v) is 8.00. The number of carbonyl (C=O) groups is 1. The van der Waals surface area contributed by atoms with Gasteiger partial charge in [-0.05, 0) is 75.7 Å². The van der Waals surface area contributed by atoms with Crippen LogP contribution < -0.4 is 14.5 Å². The standard InChI is InChI=1S/C36H42N6O2/c1-4-32(43)42-23-36(24-42)14-18-40(19-15-36)34-28-13-17-41(31-12-6-10-26-9-5-8-25(2)33(26)31)21-30(28)38-35(29(34)20-37)44-22-27-11-7-16-39(27)3/h4-6,8-10,12,27H,1,7,11,13-19,21-24H2,2-3H3. The van der Waals surface area contributed by atoms with E-state index in [9.17, 15) is 10.1 Å². The Balaban J connectivity index is 1.22. The number of nitriles is 1. The summed E-state index contributed by atoms with van der Waals surface area (Å²) in [6.07, 6.45) is 6.51. The average molecular weight is 591 g/mol. The zero-order valence-electron chi connectivity index (χ0n) is 26.0. The van der Waals surface area contributed by atoms with E-state index in [2.05, 4.69) is 77.7 Å². The van der Waals surface area contributed by atoms with Gasteiger partial charge in [-0.2, -0.15) is 5.26 Å². The van der Waals surface area contributed by atoms with E-state index in [4.69, 9.17) is 9.72 Å². The van der Waals surface area contributed by atoms with Crippen molar-refractivity contribution >= 4 is 28.1 Å². The number of nitrogens with zero attached hydrogens (tertiary/aromatic N) is 6. The summed E-state index contributed by atoms with van der Waals surface area (Å²) in [7, 11) is 2.15. The number of pyridine rings is 1. The van der Waals surface area contributed by atoms with Gasteiger partial charge in [0, 0.05) is 60.8 Å². The number of anilines is 2. The molecule has 3 saturated heterocycles. The van der Waals surface area contributed by atoms with Crippen LogP contribution in [0.2, 0.25) is 0 Å². The summed E-state index contributed by atoms with van der Waals surface area (Å²) in [6, 6.07) is 15.9. The van der Waals surface area contributed by atoms with E-state index in [1.165, 1.54) is 40.1 Å². The number of piperidine rings is 1. The van der Waals surface area contributed by atoms with Gasteiger partial charge in [-0.3, -0.25) is 4.79 Å². The van der Waals surface area contributed by atoms with Crippen LogP contribution in [0.5, 0.6) is 5.88 Å². The van der Waals surface area contributed by atoms with Gasteiger partial charge in [-0.15, -0.1) is 0 Å². The molecule has 0 saturated carbocycles. The van der Waals surface area contributed by atoms with E-state index >= 15 is 0 Å². The molecular weight excluding hydrogens is 548 g/mol. The molecular formula is C36H42N6O2. The summed E-state index contributed by atoms with van der Waals surface area (Å²) in [6.45, 7) is 12.3. The molecule has 0 aliphatic carbocycles. The Morgan fingerprint density at radius 3 is 2.61 bits per heavy atom. The van der Waals surface area contributed by atoms with Crippen molar-refractivity contribution in [2.45, 2.75) is 51.6 Å². The second kappa shape index (κ2) is 11.4. The number of hydrogen-bond donors (Lipinski definition) is 0. The number of rotatable bonds is 6. The summed E-state index contributed by atoms with van der Waals surface area (Å²) in [4.78, 5) is 26.3. The number of likely N-dealkylation sites (N-methyl/N-ethyl adjacent to an activating group) is 1. The lowest BCUT2D eigenvalue weighted by atomic mass is 9.71. The van der Waals surface area contributed by atoms with E-state index in [1.807, 2.05) is 4.90 Å². The number of likely N-dealkylation sites (tertiary alicyclic amines) is 2. The van der Waals surface area contributed by atoms with Crippen molar-refractivity contribution < 1.29 is 9.53 Å². The molecule has 1 aromatic heterocycles. The number of fused-ring (bicyclic) bond motifs is 2. The van der Waals surface area contributed by atoms with E-state index < -0.39 is 0 Å². The molecule has 1 atom stereocenters. The van der Waals surface area contributed by atoms with E-state index in [0.717, 1.165) is 76.3 Å². The minimum Gasteiger partial charge on any atom is -0.475 e. The highest BCUT2D eigenvalue weighted by Gasteiger charge is 2.47. The van der Waals surface area contributed by atoms with E-state index in [1.54, 1.807) is 0 Å². The van der Waals surface area contributed by atoms with Gasteiger partial charge in [-0.25, -0.2) is 4.98 Å². The lowest BCUT2D eigenvalue weighted by molar-refractivity contribution is -0.139. The van der Waals surface area contributed by atoms with Crippen molar-refractivity contribution in [1.82, 2.24) is 14.8 Å². The Morgan fingerprint density at radius 1 is 1.14 bits per heavy atom. The molecule has 1 amide bonds. The number of hydrogen-bond acceptors (Lipinski definition) is 7. The van der Waals surface area contributed by atoms with Gasteiger partial charge in [0.15, 0.2) is 0 Å². The van der Waals surface area contributed by atoms with Gasteiger partial charge in [0.25, 0.3) is 0 Å². The molecule has 0 radical (unpaired) electrons. The second-order valence-electron chi connectivity index (χ2n) is 13.3. The molecule has 1 unspecified atom stereocenters. The summed E-state index contributed by atoms with van der Waals surface area (Å²) in [5.74, 6) is 0.498. The maximum atomic E-state index is 12.1. The van der Waals surface area contributed by atoms with Gasteiger partial charge >= 0.3 is 0 Å². The van der Waals surface area contributed by atoms with Crippen LogP contribution in [0, 0.1) is 23.7 Å². The smallest absolute Gasteiger partial charge is 0.245 e. The average Bonchev–Trinajstić information content (AvgIpc) is 3.45. The first kappa shape index (κ1) is 28.7. The highest BCUT2D eigenvalue weighted by molar-refractivity contribution is 5.97. The SMILES string of the molecule is C=CC(=O)N1CC2(CCN(c3c(C#N)c(OCC4CCCN4C)nc4c3CCN(c3cccc5cccc(C)c35)C4)CC2)C1. The fourth-order valence-electron chi connectivity index (χ4n) is 8.00. The van der Waals surface area contributed by atoms with Crippen LogP contribution in [-0.2, 0) is 17.8 Å². The molecule has 5 heterocycles. The number of ether oxygens (including phenoxy) is 1. The van der Waals surface area contributed by atoms with Crippen molar-refractivity contribution in [2.24, 2.45) is 5.41 Å². The molecule has 1 spiro atoms. The zero-order valence-corrected chi connectivity index (χ0v) is 26.0. The number of benzene rings is 2. The number of aromatic nitrogens is 1. The summed E-state index contributed by atoms with van der Waals surface area (Å²) >= 11 is 0. The molecule has 3 fully saturated rings. The number of carbonyl (C=O) groups excluding carboxylic acids is 1. The molecule has 4 aliphatic rings. The van der Waals surface area contributed by atoms with Crippen molar-refractivity contribution in [2.75, 3.05) is 62.7 Å². The molecule has 44 heavy (non-hydrogen) atoms. The minimum absolute atomic E-state index is 0.0219. The fraction of sp³-hybridized carbons (Fsp3) is 0.472. The van der Waals surface area contributed by atoms with Crippen LogP contribution in [0.25, 0.3) is 10.8 Å². The normalized spacial score (nSPS) is 21.2. The van der Waals surface area contributed by atoms with Crippen LogP contribution in [0.3, 0.4) is 0 Å². The lowest BCUT2D eigenvalue weighted by Gasteiger charge is -2.54. The third-order valence-electron chi connectivity index (χ3n) is 10.6. The van der Waals surface area contributed by atoms with Crippen molar-refractivity contribution in [3.63, 3.8) is 0 Å². The molecule has 8 nitrogen and oxygen atoms in total. The number of amides is 1. The molecule has 3 aromatic rings. The maximum absolute atomic E-state index is 12.1. The molecule has 228 valence electrons. The Labute approximate surface area is 260 Å². The molecule has 0 bridgehead atoms. The molecule has 7 rings (SSSR count). The first-order valence-electron chi connectivity index (χ1n) is 16.1. The Bertz CT molecular complexity index is 1640. The Hall–Kier alpha value is -4.09. The lowest BCUT2D eigenvalue weighted by Crippen LogP contribution is -2.61. The number of aryl methyl sites for hydroxylation is 1. The molecule has 2 aromatic carbocycles. The molecule has 4 aliphatic heterocycles. The monoisotopic (exact) mass is 590 g/mol. The first-order valence-corrected chi connectivity index (χ1v) is 16.1. The first-order chi connectivity index (χ1) is 21.4. The van der Waals surface area contributed by atoms with Crippen LogP contribution in [-0.4, -0.2) is 79.7 Å². The second-order valence-corrected chi connectivity index (χ2v) is 13.3. The zero-order chi connectivity index (χ0) is 30.4. The summed E-state index contributed by atoms with van der Waals surface area (Å²) in [5.41, 5.74) is 6.47. The van der Waals surface area contributed by atoms with Gasteiger partial charge < -0.3 is 24.3 Å². The van der Waals surface area contributed by atoms with Gasteiger partial charge in [-0.1, -0.05) is 36.9 Å². The van der Waals surface area contributed by atoms with Crippen LogP contribution in [0.4, 0.5) is 11.4 Å². The van der Waals surface area contributed by atoms with Gasteiger partial charge in [0.1, 0.15) is 18.2 Å². The Morgan fingerprint density at radius 2 is 1.91 bits per heavy atom. The summed E-state index contributed by atoms with van der Waals surface area (Å²) in [5, 5.41) is 13.1. The highest BCUT2D eigenvalue weighted by Crippen LogP contribution is 2.45. The van der Waals surface area contributed by atoms with E-state index in [-0.39, 0.29) is 11.3 Å². The van der Waals surface area contributed by atoms with Crippen molar-refractivity contribution in [3.05, 3.63) is 71.4 Å². The van der Waals surface area contributed by atoms with Gasteiger partial charge in [0.2, 0.25) is 11.8 Å². The largest absolute Gasteiger partial charge is 0.475 e. The third-order valence-corrected chi connectivity index (χ3v) is 10.6. The Kier molecular flexibility index (Phi) is 7.45. The predicted octanol–water partition coefficient (Wildman–Crippen LogP) is 5.07. The molecule has 8 heteroatoms. The minimum atomic E-state index is 0.0219. The predicted molar refractivity (Wildman–Crippen MR) is 174 cm³/mol. The van der Waals surface area contributed by atoms with Crippen LogP contribution >= 0.6 is 0 Å².